The van der Waals surface area contributed by atoms with Gasteiger partial charge in [0.25, 0.3) is 0 Å². The van der Waals surface area contributed by atoms with Gasteiger partial charge in [-0.2, -0.15) is 0 Å². The quantitative estimate of drug-likeness (QED) is 0.768. The van der Waals surface area contributed by atoms with Crippen molar-refractivity contribution in [3.8, 4) is 5.75 Å². The number of methoxy groups -OCH3 is 1. The highest BCUT2D eigenvalue weighted by Crippen LogP contribution is 2.12. The Bertz CT molecular complexity index is 734. The number of hydrogen-bond donors (Lipinski definition) is 2. The van der Waals surface area contributed by atoms with Gasteiger partial charge in [-0.05, 0) is 41.8 Å². The SMILES string of the molecule is COc1cccc(CCNC(=O)CNC(=O)Cc2cccc(F)c2)c1. The summed E-state index contributed by atoms with van der Waals surface area (Å²) in [4.78, 5) is 23.5. The maximum atomic E-state index is 13.1. The van der Waals surface area contributed by atoms with Crippen molar-refractivity contribution in [2.24, 2.45) is 0 Å². The Morgan fingerprint density at radius 1 is 1.00 bits per heavy atom. The first kappa shape index (κ1) is 18.4. The van der Waals surface area contributed by atoms with Crippen LogP contribution in [-0.2, 0) is 22.4 Å². The number of amides is 2. The molecule has 2 aromatic rings. The first-order valence-corrected chi connectivity index (χ1v) is 7.97. The second-order valence-electron chi connectivity index (χ2n) is 5.53. The van der Waals surface area contributed by atoms with Gasteiger partial charge in [-0.3, -0.25) is 9.59 Å². The molecule has 0 aromatic heterocycles. The van der Waals surface area contributed by atoms with Crippen molar-refractivity contribution in [2.45, 2.75) is 12.8 Å². The topological polar surface area (TPSA) is 67.4 Å². The summed E-state index contributed by atoms with van der Waals surface area (Å²) in [5.41, 5.74) is 1.62. The zero-order chi connectivity index (χ0) is 18.1. The van der Waals surface area contributed by atoms with Crippen molar-refractivity contribution in [2.75, 3.05) is 20.2 Å². The van der Waals surface area contributed by atoms with E-state index in [1.54, 1.807) is 19.2 Å². The van der Waals surface area contributed by atoms with E-state index < -0.39 is 0 Å². The molecule has 0 aliphatic heterocycles. The average Bonchev–Trinajstić information content (AvgIpc) is 2.60. The molecule has 2 aromatic carbocycles. The third-order valence-corrected chi connectivity index (χ3v) is 3.57. The van der Waals surface area contributed by atoms with E-state index >= 15 is 0 Å². The van der Waals surface area contributed by atoms with Crippen molar-refractivity contribution in [3.63, 3.8) is 0 Å². The van der Waals surface area contributed by atoms with Gasteiger partial charge in [0.05, 0.1) is 20.1 Å². The number of carbonyl (C=O) groups is 2. The van der Waals surface area contributed by atoms with Gasteiger partial charge in [0, 0.05) is 6.54 Å². The molecular weight excluding hydrogens is 323 g/mol. The fourth-order valence-corrected chi connectivity index (χ4v) is 2.31. The van der Waals surface area contributed by atoms with Crippen LogP contribution in [0, 0.1) is 5.82 Å². The van der Waals surface area contributed by atoms with Crippen LogP contribution in [0.1, 0.15) is 11.1 Å². The predicted molar refractivity (Wildman–Crippen MR) is 92.8 cm³/mol. The van der Waals surface area contributed by atoms with Crippen molar-refractivity contribution < 1.29 is 18.7 Å². The Morgan fingerprint density at radius 3 is 2.52 bits per heavy atom. The van der Waals surface area contributed by atoms with Gasteiger partial charge >= 0.3 is 0 Å². The highest BCUT2D eigenvalue weighted by atomic mass is 19.1. The van der Waals surface area contributed by atoms with Gasteiger partial charge in [0.1, 0.15) is 11.6 Å². The minimum atomic E-state index is -0.388. The Morgan fingerprint density at radius 2 is 1.76 bits per heavy atom. The molecule has 5 nitrogen and oxygen atoms in total. The smallest absolute Gasteiger partial charge is 0.239 e. The van der Waals surface area contributed by atoms with Crippen LogP contribution >= 0.6 is 0 Å². The largest absolute Gasteiger partial charge is 0.497 e. The molecule has 2 amide bonds. The number of ether oxygens (including phenoxy) is 1. The first-order valence-electron chi connectivity index (χ1n) is 7.97. The Hall–Kier alpha value is -2.89. The fraction of sp³-hybridized carbons (Fsp3) is 0.263. The molecule has 6 heteroatoms. The van der Waals surface area contributed by atoms with E-state index in [1.807, 2.05) is 24.3 Å². The number of halogens is 1. The summed E-state index contributed by atoms with van der Waals surface area (Å²) in [7, 11) is 1.60. The zero-order valence-corrected chi connectivity index (χ0v) is 14.0. The van der Waals surface area contributed by atoms with E-state index in [0.29, 0.717) is 18.5 Å². The minimum absolute atomic E-state index is 0.0366. The second-order valence-corrected chi connectivity index (χ2v) is 5.53. The summed E-state index contributed by atoms with van der Waals surface area (Å²) in [5, 5.41) is 5.27. The molecule has 2 N–H and O–H groups in total. The Balaban J connectivity index is 1.67. The van der Waals surface area contributed by atoms with Crippen molar-refractivity contribution in [3.05, 3.63) is 65.5 Å². The van der Waals surface area contributed by atoms with Crippen LogP contribution in [0.15, 0.2) is 48.5 Å². The summed E-state index contributed by atoms with van der Waals surface area (Å²) in [6.07, 6.45) is 0.703. The molecule has 0 saturated heterocycles. The van der Waals surface area contributed by atoms with Crippen LogP contribution in [0.4, 0.5) is 4.39 Å². The molecule has 0 radical (unpaired) electrons. The van der Waals surface area contributed by atoms with Gasteiger partial charge in [0.15, 0.2) is 0 Å². The lowest BCUT2D eigenvalue weighted by molar-refractivity contribution is -0.125. The summed E-state index contributed by atoms with van der Waals surface area (Å²) in [5.74, 6) is -0.210. The van der Waals surface area contributed by atoms with Crippen LogP contribution in [0.2, 0.25) is 0 Å². The summed E-state index contributed by atoms with van der Waals surface area (Å²) in [6, 6.07) is 13.4. The van der Waals surface area contributed by atoms with E-state index in [2.05, 4.69) is 10.6 Å². The predicted octanol–water partition coefficient (Wildman–Crippen LogP) is 1.85. The van der Waals surface area contributed by atoms with E-state index in [9.17, 15) is 14.0 Å². The summed E-state index contributed by atoms with van der Waals surface area (Å²) < 4.78 is 18.2. The summed E-state index contributed by atoms with van der Waals surface area (Å²) in [6.45, 7) is 0.359. The number of nitrogens with one attached hydrogen (secondary N) is 2. The third kappa shape index (κ3) is 6.63. The van der Waals surface area contributed by atoms with Crippen LogP contribution in [0.3, 0.4) is 0 Å². The molecular formula is C19H21FN2O3. The molecule has 0 saturated carbocycles. The number of rotatable bonds is 8. The van der Waals surface area contributed by atoms with Crippen molar-refractivity contribution in [1.82, 2.24) is 10.6 Å². The number of benzene rings is 2. The maximum absolute atomic E-state index is 13.1. The number of hydrogen-bond acceptors (Lipinski definition) is 3. The monoisotopic (exact) mass is 344 g/mol. The third-order valence-electron chi connectivity index (χ3n) is 3.57. The standard InChI is InChI=1S/C19H21FN2O3/c1-25-17-7-3-4-14(11-17)8-9-21-19(24)13-22-18(23)12-15-5-2-6-16(20)10-15/h2-7,10-11H,8-9,12-13H2,1H3,(H,21,24)(H,22,23). The lowest BCUT2D eigenvalue weighted by atomic mass is 10.1. The van der Waals surface area contributed by atoms with E-state index in [-0.39, 0.29) is 30.6 Å². The molecule has 0 spiro atoms. The molecule has 0 atom stereocenters. The lowest BCUT2D eigenvalue weighted by Crippen LogP contribution is -2.38. The highest BCUT2D eigenvalue weighted by Gasteiger charge is 2.07. The fourth-order valence-electron chi connectivity index (χ4n) is 2.31. The molecule has 0 unspecified atom stereocenters. The Kier molecular flexibility index (Phi) is 6.95. The molecule has 0 aliphatic rings. The first-order chi connectivity index (χ1) is 12.1. The van der Waals surface area contributed by atoms with Crippen molar-refractivity contribution >= 4 is 11.8 Å². The van der Waals surface area contributed by atoms with Crippen LogP contribution in [-0.4, -0.2) is 32.0 Å². The van der Waals surface area contributed by atoms with Crippen LogP contribution < -0.4 is 15.4 Å². The van der Waals surface area contributed by atoms with Gasteiger partial charge < -0.3 is 15.4 Å². The maximum Gasteiger partial charge on any atom is 0.239 e. The second kappa shape index (κ2) is 9.42. The van der Waals surface area contributed by atoms with E-state index in [0.717, 1.165) is 11.3 Å². The molecule has 2 rings (SSSR count). The average molecular weight is 344 g/mol. The molecule has 132 valence electrons. The normalized spacial score (nSPS) is 10.2. The number of carbonyl (C=O) groups excluding carboxylic acids is 2. The molecule has 0 aliphatic carbocycles. The molecule has 0 bridgehead atoms. The minimum Gasteiger partial charge on any atom is -0.497 e. The van der Waals surface area contributed by atoms with Crippen molar-refractivity contribution in [1.29, 1.82) is 0 Å². The van der Waals surface area contributed by atoms with Gasteiger partial charge in [-0.15, -0.1) is 0 Å². The lowest BCUT2D eigenvalue weighted by Gasteiger charge is -2.08. The molecule has 0 fully saturated rings. The molecule has 25 heavy (non-hydrogen) atoms. The molecule has 0 heterocycles. The van der Waals surface area contributed by atoms with Crippen LogP contribution in [0.25, 0.3) is 0 Å². The highest BCUT2D eigenvalue weighted by molar-refractivity contribution is 5.85. The van der Waals surface area contributed by atoms with Crippen LogP contribution in [0.5, 0.6) is 5.75 Å². The van der Waals surface area contributed by atoms with E-state index in [1.165, 1.54) is 12.1 Å². The van der Waals surface area contributed by atoms with Gasteiger partial charge in [-0.25, -0.2) is 4.39 Å². The van der Waals surface area contributed by atoms with E-state index in [4.69, 9.17) is 4.74 Å². The Labute approximate surface area is 146 Å². The zero-order valence-electron chi connectivity index (χ0n) is 14.0. The van der Waals surface area contributed by atoms with Gasteiger partial charge in [-0.1, -0.05) is 24.3 Å². The summed E-state index contributed by atoms with van der Waals surface area (Å²) >= 11 is 0. The van der Waals surface area contributed by atoms with Gasteiger partial charge in [0.2, 0.25) is 11.8 Å².